The number of benzene rings is 3. The number of anilines is 2. The van der Waals surface area contributed by atoms with Crippen molar-refractivity contribution in [3.63, 3.8) is 0 Å². The van der Waals surface area contributed by atoms with E-state index in [-0.39, 0.29) is 12.5 Å². The lowest BCUT2D eigenvalue weighted by atomic mass is 10.2. The number of hydrazone groups is 1. The van der Waals surface area contributed by atoms with Crippen molar-refractivity contribution in [3.05, 3.63) is 74.3 Å². The highest BCUT2D eigenvalue weighted by molar-refractivity contribution is 14.1. The number of aryl methyl sites for hydroxylation is 1. The maximum Gasteiger partial charge on any atom is 0.329 e. The summed E-state index contributed by atoms with van der Waals surface area (Å²) in [5, 5.41) is 9.62. The van der Waals surface area contributed by atoms with Gasteiger partial charge in [0.15, 0.2) is 18.1 Å². The Morgan fingerprint density at radius 2 is 1.77 bits per heavy atom. The van der Waals surface area contributed by atoms with E-state index in [4.69, 9.17) is 25.8 Å². The van der Waals surface area contributed by atoms with Crippen LogP contribution in [0, 0.1) is 10.5 Å². The number of amides is 3. The van der Waals surface area contributed by atoms with Crippen LogP contribution in [0.5, 0.6) is 17.2 Å². The predicted molar refractivity (Wildman–Crippen MR) is 158 cm³/mol. The van der Waals surface area contributed by atoms with E-state index in [1.54, 1.807) is 48.5 Å². The number of nitrogens with one attached hydrogen (secondary N) is 3. The van der Waals surface area contributed by atoms with E-state index < -0.39 is 11.8 Å². The molecule has 0 saturated heterocycles. The molecule has 3 N–H and O–H groups in total. The third-order valence-corrected chi connectivity index (χ3v) is 6.28. The fourth-order valence-electron chi connectivity index (χ4n) is 3.21. The number of nitrogens with zero attached hydrogens (tertiary/aromatic N) is 1. The molecule has 0 radical (unpaired) electrons. The van der Waals surface area contributed by atoms with Crippen molar-refractivity contribution in [3.8, 4) is 17.2 Å². The van der Waals surface area contributed by atoms with Crippen LogP contribution in [0.2, 0.25) is 5.02 Å². The third-order valence-electron chi connectivity index (χ3n) is 5.08. The molecule has 0 aliphatic rings. The van der Waals surface area contributed by atoms with Crippen LogP contribution in [0.15, 0.2) is 59.7 Å². The van der Waals surface area contributed by atoms with Gasteiger partial charge in [0, 0.05) is 10.7 Å². The summed E-state index contributed by atoms with van der Waals surface area (Å²) in [6.07, 6.45) is 1.35. The van der Waals surface area contributed by atoms with Crippen LogP contribution in [0.4, 0.5) is 11.4 Å². The minimum Gasteiger partial charge on any atom is -0.493 e. The van der Waals surface area contributed by atoms with Gasteiger partial charge in [-0.05, 0) is 84.0 Å². The fourth-order valence-corrected chi connectivity index (χ4v) is 4.17. The molecule has 204 valence electrons. The zero-order valence-corrected chi connectivity index (χ0v) is 24.3. The summed E-state index contributed by atoms with van der Waals surface area (Å²) < 4.78 is 17.2. The van der Waals surface area contributed by atoms with Crippen LogP contribution in [0.3, 0.4) is 0 Å². The van der Waals surface area contributed by atoms with Crippen LogP contribution in [0.25, 0.3) is 0 Å². The molecule has 0 aromatic heterocycles. The molecular weight excluding hydrogens is 639 g/mol. The van der Waals surface area contributed by atoms with Crippen molar-refractivity contribution >= 4 is 69.5 Å². The monoisotopic (exact) mass is 664 g/mol. The van der Waals surface area contributed by atoms with Crippen molar-refractivity contribution in [1.82, 2.24) is 5.43 Å². The van der Waals surface area contributed by atoms with Gasteiger partial charge in [0.05, 0.1) is 29.2 Å². The SMILES string of the molecule is CCOc1ccccc1NC(=O)C(=O)N/N=C\c1cc(I)c(OCC(=O)Nc2ccc(C)c(Cl)c2)c(OC)c1. The van der Waals surface area contributed by atoms with Crippen LogP contribution in [-0.4, -0.2) is 44.3 Å². The maximum absolute atomic E-state index is 12.4. The van der Waals surface area contributed by atoms with Gasteiger partial charge in [-0.1, -0.05) is 29.8 Å². The van der Waals surface area contributed by atoms with Crippen molar-refractivity contribution in [2.24, 2.45) is 5.10 Å². The Kier molecular flexibility index (Phi) is 10.9. The number of halogens is 2. The van der Waals surface area contributed by atoms with Crippen LogP contribution >= 0.6 is 34.2 Å². The summed E-state index contributed by atoms with van der Waals surface area (Å²) >= 11 is 8.14. The van der Waals surface area contributed by atoms with Gasteiger partial charge in [-0.2, -0.15) is 5.10 Å². The Morgan fingerprint density at radius 3 is 2.49 bits per heavy atom. The van der Waals surface area contributed by atoms with Crippen molar-refractivity contribution in [2.45, 2.75) is 13.8 Å². The second-order valence-corrected chi connectivity index (χ2v) is 9.49. The summed E-state index contributed by atoms with van der Waals surface area (Å²) in [6.45, 7) is 3.83. The summed E-state index contributed by atoms with van der Waals surface area (Å²) in [5.41, 5.74) is 4.58. The van der Waals surface area contributed by atoms with Crippen LogP contribution in [0.1, 0.15) is 18.1 Å². The number of para-hydroxylation sites is 2. The summed E-state index contributed by atoms with van der Waals surface area (Å²) in [6, 6.07) is 15.3. The number of ether oxygens (including phenoxy) is 3. The van der Waals surface area contributed by atoms with Crippen LogP contribution in [-0.2, 0) is 14.4 Å². The first-order chi connectivity index (χ1) is 18.7. The molecular formula is C27H26ClIN4O6. The first kappa shape index (κ1) is 29.7. The number of hydrogen-bond donors (Lipinski definition) is 3. The Balaban J connectivity index is 1.59. The van der Waals surface area contributed by atoms with Gasteiger partial charge in [0.1, 0.15) is 5.75 Å². The number of rotatable bonds is 10. The van der Waals surface area contributed by atoms with E-state index in [2.05, 4.69) is 21.2 Å². The zero-order valence-electron chi connectivity index (χ0n) is 21.3. The highest BCUT2D eigenvalue weighted by Crippen LogP contribution is 2.33. The lowest BCUT2D eigenvalue weighted by Gasteiger charge is -2.14. The summed E-state index contributed by atoms with van der Waals surface area (Å²) in [4.78, 5) is 36.8. The molecule has 0 spiro atoms. The quantitative estimate of drug-likeness (QED) is 0.124. The summed E-state index contributed by atoms with van der Waals surface area (Å²) in [5.74, 6) is -1.06. The Hall–Kier alpha value is -3.84. The molecule has 0 heterocycles. The minimum atomic E-state index is -0.958. The Morgan fingerprint density at radius 1 is 1.00 bits per heavy atom. The van der Waals surface area contributed by atoms with E-state index in [9.17, 15) is 14.4 Å². The van der Waals surface area contributed by atoms with E-state index in [1.165, 1.54) is 13.3 Å². The number of carbonyl (C=O) groups excluding carboxylic acids is 3. The van der Waals surface area contributed by atoms with Crippen molar-refractivity contribution < 1.29 is 28.6 Å². The molecule has 39 heavy (non-hydrogen) atoms. The Labute approximate surface area is 244 Å². The number of methoxy groups -OCH3 is 1. The molecule has 3 rings (SSSR count). The standard InChI is InChI=1S/C27H26ClIN4O6/c1-4-38-22-8-6-5-7-21(22)32-26(35)27(36)33-30-14-17-11-20(29)25(23(12-17)37-3)39-15-24(34)31-18-10-9-16(2)19(28)13-18/h5-14H,4,15H2,1-3H3,(H,31,34)(H,32,35)(H,33,36)/b30-14-. The molecule has 3 aromatic rings. The predicted octanol–water partition coefficient (Wildman–Crippen LogP) is 4.77. The van der Waals surface area contributed by atoms with Gasteiger partial charge in [0.25, 0.3) is 5.91 Å². The molecule has 0 fully saturated rings. The van der Waals surface area contributed by atoms with Crippen molar-refractivity contribution in [2.75, 3.05) is 31.0 Å². The molecule has 0 atom stereocenters. The van der Waals surface area contributed by atoms with Gasteiger partial charge in [-0.3, -0.25) is 14.4 Å². The molecule has 0 aliphatic carbocycles. The third kappa shape index (κ3) is 8.58. The fraction of sp³-hybridized carbons (Fsp3) is 0.185. The first-order valence-electron chi connectivity index (χ1n) is 11.6. The molecule has 0 aliphatic heterocycles. The van der Waals surface area contributed by atoms with E-state index in [0.717, 1.165) is 5.56 Å². The molecule has 0 saturated carbocycles. The summed E-state index contributed by atoms with van der Waals surface area (Å²) in [7, 11) is 1.46. The Bertz CT molecular complexity index is 1400. The molecule has 3 amide bonds. The molecule has 0 unspecified atom stereocenters. The number of carbonyl (C=O) groups is 3. The highest BCUT2D eigenvalue weighted by atomic mass is 127. The van der Waals surface area contributed by atoms with Gasteiger partial charge < -0.3 is 24.8 Å². The van der Waals surface area contributed by atoms with Gasteiger partial charge >= 0.3 is 11.8 Å². The maximum atomic E-state index is 12.4. The van der Waals surface area contributed by atoms with Gasteiger partial charge in [-0.15, -0.1) is 0 Å². The molecule has 3 aromatic carbocycles. The second-order valence-electron chi connectivity index (χ2n) is 7.92. The van der Waals surface area contributed by atoms with E-state index >= 15 is 0 Å². The first-order valence-corrected chi connectivity index (χ1v) is 13.1. The minimum absolute atomic E-state index is 0.261. The average Bonchev–Trinajstić information content (AvgIpc) is 2.91. The van der Waals surface area contributed by atoms with E-state index in [1.807, 2.05) is 42.5 Å². The molecule has 10 nitrogen and oxygen atoms in total. The highest BCUT2D eigenvalue weighted by Gasteiger charge is 2.16. The zero-order chi connectivity index (χ0) is 28.4. The second kappa shape index (κ2) is 14.4. The van der Waals surface area contributed by atoms with Gasteiger partial charge in [0.2, 0.25) is 0 Å². The lowest BCUT2D eigenvalue weighted by molar-refractivity contribution is -0.136. The largest absolute Gasteiger partial charge is 0.493 e. The molecule has 12 heteroatoms. The average molecular weight is 665 g/mol. The van der Waals surface area contributed by atoms with Crippen LogP contribution < -0.4 is 30.3 Å². The smallest absolute Gasteiger partial charge is 0.329 e. The van der Waals surface area contributed by atoms with Gasteiger partial charge in [-0.25, -0.2) is 5.43 Å². The molecule has 0 bridgehead atoms. The topological polar surface area (TPSA) is 127 Å². The normalized spacial score (nSPS) is 10.6. The van der Waals surface area contributed by atoms with Crippen molar-refractivity contribution in [1.29, 1.82) is 0 Å². The van der Waals surface area contributed by atoms with E-state index in [0.29, 0.717) is 49.4 Å². The number of hydrogen-bond acceptors (Lipinski definition) is 7. The lowest BCUT2D eigenvalue weighted by Crippen LogP contribution is -2.32.